The van der Waals surface area contributed by atoms with Gasteiger partial charge in [0, 0.05) is 11.8 Å². The molecule has 0 fully saturated rings. The third-order valence-electron chi connectivity index (χ3n) is 6.41. The van der Waals surface area contributed by atoms with Crippen LogP contribution in [-0.4, -0.2) is 5.11 Å². The summed E-state index contributed by atoms with van der Waals surface area (Å²) in [5, 5.41) is 19.2. The van der Waals surface area contributed by atoms with Crippen molar-refractivity contribution in [1.82, 2.24) is 0 Å². The van der Waals surface area contributed by atoms with Crippen LogP contribution in [0.2, 0.25) is 0 Å². The predicted molar refractivity (Wildman–Crippen MR) is 124 cm³/mol. The SMILES string of the molecule is C\C1=C(c2ccccc2O)/N=N/C=C/CC(C)CC(C)C(C)CC(C)CC(C)C1. The maximum atomic E-state index is 10.4. The van der Waals surface area contributed by atoms with Crippen LogP contribution in [0.5, 0.6) is 5.75 Å². The summed E-state index contributed by atoms with van der Waals surface area (Å²) in [6, 6.07) is 7.42. The summed E-state index contributed by atoms with van der Waals surface area (Å²) in [6.45, 7) is 14.0. The lowest BCUT2D eigenvalue weighted by molar-refractivity contribution is 0.252. The largest absolute Gasteiger partial charge is 0.507 e. The normalized spacial score (nSPS) is 35.2. The maximum absolute atomic E-state index is 10.4. The molecule has 1 aliphatic rings. The Balaban J connectivity index is 2.33. The molecule has 0 saturated carbocycles. The summed E-state index contributed by atoms with van der Waals surface area (Å²) in [5.41, 5.74) is 2.75. The zero-order valence-electron chi connectivity index (χ0n) is 19.2. The Kier molecular flexibility index (Phi) is 9.13. The number of phenols is 1. The van der Waals surface area contributed by atoms with Gasteiger partial charge in [0.25, 0.3) is 0 Å². The van der Waals surface area contributed by atoms with Crippen molar-refractivity contribution in [2.45, 2.75) is 73.6 Å². The van der Waals surface area contributed by atoms with Crippen LogP contribution in [-0.2, 0) is 0 Å². The molecule has 1 aromatic carbocycles. The number of azo groups is 1. The van der Waals surface area contributed by atoms with Gasteiger partial charge in [0.2, 0.25) is 0 Å². The van der Waals surface area contributed by atoms with Crippen molar-refractivity contribution in [3.8, 4) is 5.75 Å². The third-order valence-corrected chi connectivity index (χ3v) is 6.41. The Morgan fingerprint density at radius 2 is 1.52 bits per heavy atom. The number of aromatic hydroxyl groups is 1. The molecule has 2 rings (SSSR count). The number of hydrogen-bond donors (Lipinski definition) is 1. The number of allylic oxidation sites excluding steroid dienone is 2. The first-order valence-corrected chi connectivity index (χ1v) is 11.3. The summed E-state index contributed by atoms with van der Waals surface area (Å²) in [7, 11) is 0. The van der Waals surface area contributed by atoms with Crippen LogP contribution in [0.25, 0.3) is 5.70 Å². The van der Waals surface area contributed by atoms with Crippen LogP contribution in [0.3, 0.4) is 0 Å². The third kappa shape index (κ3) is 7.45. The molecule has 1 N–H and O–H groups in total. The number of benzene rings is 1. The highest BCUT2D eigenvalue weighted by Crippen LogP contribution is 2.34. The maximum Gasteiger partial charge on any atom is 0.125 e. The number of rotatable bonds is 1. The molecule has 1 heterocycles. The van der Waals surface area contributed by atoms with Crippen molar-refractivity contribution < 1.29 is 5.11 Å². The summed E-state index contributed by atoms with van der Waals surface area (Å²) >= 11 is 0. The average Bonchev–Trinajstić information content (AvgIpc) is 2.64. The minimum Gasteiger partial charge on any atom is -0.507 e. The summed E-state index contributed by atoms with van der Waals surface area (Å²) < 4.78 is 0. The quantitative estimate of drug-likeness (QED) is 0.510. The van der Waals surface area contributed by atoms with E-state index in [1.54, 1.807) is 6.07 Å². The molecule has 0 saturated heterocycles. The lowest BCUT2D eigenvalue weighted by atomic mass is 9.79. The first-order chi connectivity index (χ1) is 13.8. The predicted octanol–water partition coefficient (Wildman–Crippen LogP) is 8.23. The van der Waals surface area contributed by atoms with Crippen LogP contribution in [0, 0.1) is 29.6 Å². The van der Waals surface area contributed by atoms with E-state index in [4.69, 9.17) is 0 Å². The van der Waals surface area contributed by atoms with Gasteiger partial charge < -0.3 is 5.11 Å². The van der Waals surface area contributed by atoms with Crippen LogP contribution < -0.4 is 0 Å². The lowest BCUT2D eigenvalue weighted by Gasteiger charge is -2.27. The van der Waals surface area contributed by atoms with Crippen LogP contribution >= 0.6 is 0 Å². The van der Waals surface area contributed by atoms with Crippen LogP contribution in [0.15, 0.2) is 52.3 Å². The average molecular weight is 397 g/mol. The van der Waals surface area contributed by atoms with Gasteiger partial charge in [-0.3, -0.25) is 0 Å². The molecular formula is C26H40N2O. The first kappa shape index (κ1) is 23.4. The molecule has 0 aliphatic carbocycles. The minimum absolute atomic E-state index is 0.261. The second-order valence-electron chi connectivity index (χ2n) is 9.66. The monoisotopic (exact) mass is 396 g/mol. The zero-order chi connectivity index (χ0) is 21.4. The molecule has 0 radical (unpaired) electrons. The minimum atomic E-state index is 0.261. The van der Waals surface area contributed by atoms with Crippen molar-refractivity contribution in [3.63, 3.8) is 0 Å². The van der Waals surface area contributed by atoms with Gasteiger partial charge >= 0.3 is 0 Å². The Hall–Kier alpha value is -1.90. The molecule has 0 bridgehead atoms. The van der Waals surface area contributed by atoms with E-state index < -0.39 is 0 Å². The standard InChI is InChI=1S/C26H40N2O/c1-18-10-9-13-27-28-26(24-11-7-8-12-25(24)29)23(6)17-20(3)14-19(2)16-22(5)21(4)15-18/h7-9,11-13,18-22,29H,10,14-17H2,1-6H3/b13-9+,26-23+,28-27+. The molecular weight excluding hydrogens is 356 g/mol. The van der Waals surface area contributed by atoms with E-state index in [0.29, 0.717) is 17.8 Å². The second kappa shape index (κ2) is 11.3. The summed E-state index contributed by atoms with van der Waals surface area (Å²) in [5.74, 6) is 3.71. The van der Waals surface area contributed by atoms with Crippen molar-refractivity contribution in [3.05, 3.63) is 47.7 Å². The first-order valence-electron chi connectivity index (χ1n) is 11.3. The molecule has 0 amide bonds. The molecule has 5 unspecified atom stereocenters. The number of nitrogens with zero attached hydrogens (tertiary/aromatic N) is 2. The van der Waals surface area contributed by atoms with Gasteiger partial charge in [0.1, 0.15) is 5.75 Å². The van der Waals surface area contributed by atoms with Crippen molar-refractivity contribution in [2.75, 3.05) is 0 Å². The van der Waals surface area contributed by atoms with Gasteiger partial charge in [0.15, 0.2) is 0 Å². The van der Waals surface area contributed by atoms with Crippen molar-refractivity contribution >= 4 is 5.70 Å². The van der Waals surface area contributed by atoms with Crippen LogP contribution in [0.4, 0.5) is 0 Å². The van der Waals surface area contributed by atoms with E-state index in [9.17, 15) is 5.11 Å². The van der Waals surface area contributed by atoms with E-state index in [1.165, 1.54) is 24.8 Å². The molecule has 1 aliphatic heterocycles. The van der Waals surface area contributed by atoms with Gasteiger partial charge in [-0.25, -0.2) is 0 Å². The second-order valence-corrected chi connectivity index (χ2v) is 9.66. The van der Waals surface area contributed by atoms with Crippen molar-refractivity contribution in [1.29, 1.82) is 0 Å². The van der Waals surface area contributed by atoms with Crippen LogP contribution in [0.1, 0.15) is 79.2 Å². The molecule has 3 nitrogen and oxygen atoms in total. The zero-order valence-corrected chi connectivity index (χ0v) is 19.2. The number of para-hydroxylation sites is 1. The highest BCUT2D eigenvalue weighted by Gasteiger charge is 2.20. The molecule has 1 aromatic rings. The van der Waals surface area contributed by atoms with E-state index in [-0.39, 0.29) is 5.75 Å². The Morgan fingerprint density at radius 3 is 2.21 bits per heavy atom. The fourth-order valence-electron chi connectivity index (χ4n) is 4.79. The van der Waals surface area contributed by atoms with E-state index >= 15 is 0 Å². The van der Waals surface area contributed by atoms with Gasteiger partial charge in [0.05, 0.1) is 5.70 Å². The van der Waals surface area contributed by atoms with Crippen molar-refractivity contribution in [2.24, 2.45) is 39.8 Å². The Morgan fingerprint density at radius 1 is 0.862 bits per heavy atom. The van der Waals surface area contributed by atoms with Gasteiger partial charge in [-0.1, -0.05) is 52.8 Å². The van der Waals surface area contributed by atoms with Gasteiger partial charge in [-0.05, 0) is 86.3 Å². The fraction of sp³-hybridized carbons (Fsp3) is 0.615. The molecule has 160 valence electrons. The molecule has 5 atom stereocenters. The fourth-order valence-corrected chi connectivity index (χ4v) is 4.79. The highest BCUT2D eigenvalue weighted by molar-refractivity contribution is 5.71. The smallest absolute Gasteiger partial charge is 0.125 e. The number of phenolic OH excluding ortho intramolecular Hbond substituents is 1. The molecule has 3 heteroatoms. The molecule has 0 spiro atoms. The van der Waals surface area contributed by atoms with Gasteiger partial charge in [-0.15, -0.1) is 0 Å². The lowest BCUT2D eigenvalue weighted by Crippen LogP contribution is -2.16. The summed E-state index contributed by atoms with van der Waals surface area (Å²) in [4.78, 5) is 0. The Bertz CT molecular complexity index is 734. The molecule has 0 aromatic heterocycles. The molecule has 29 heavy (non-hydrogen) atoms. The topological polar surface area (TPSA) is 45.0 Å². The van der Waals surface area contributed by atoms with Gasteiger partial charge in [-0.2, -0.15) is 10.2 Å². The van der Waals surface area contributed by atoms with E-state index in [2.05, 4.69) is 57.8 Å². The van der Waals surface area contributed by atoms with E-state index in [0.717, 1.165) is 35.9 Å². The number of hydrogen-bond acceptors (Lipinski definition) is 3. The summed E-state index contributed by atoms with van der Waals surface area (Å²) in [6.07, 6.45) is 9.70. The highest BCUT2D eigenvalue weighted by atomic mass is 16.3. The van der Waals surface area contributed by atoms with E-state index in [1.807, 2.05) is 24.4 Å². The Labute approximate surface area is 178 Å².